The molecule has 0 aromatic heterocycles. The Morgan fingerprint density at radius 2 is 2.10 bits per heavy atom. The molecule has 0 bridgehead atoms. The molecule has 5 heteroatoms. The summed E-state index contributed by atoms with van der Waals surface area (Å²) in [7, 11) is 0. The smallest absolute Gasteiger partial charge is 0.231 e. The first kappa shape index (κ1) is 13.2. The Morgan fingerprint density at radius 1 is 1.29 bits per heavy atom. The maximum absolute atomic E-state index is 12.3. The predicted octanol–water partition coefficient (Wildman–Crippen LogP) is 3.59. The van der Waals surface area contributed by atoms with Gasteiger partial charge in [-0.3, -0.25) is 4.79 Å². The summed E-state index contributed by atoms with van der Waals surface area (Å²) < 4.78 is 11.8. The molecule has 3 aliphatic rings. The second kappa shape index (κ2) is 5.05. The standard InChI is InChI=1S/C16H16BrNO3/c17-12-7-15-14(20-9-21-15)5-11(12)8-18-13-4-2-1-3-10(13)6-16(18)19/h4-5,7,10H,1-3,6,8-9H2. The molecule has 2 heterocycles. The molecule has 1 aromatic carbocycles. The van der Waals surface area contributed by atoms with E-state index in [-0.39, 0.29) is 12.7 Å². The van der Waals surface area contributed by atoms with E-state index in [1.54, 1.807) is 0 Å². The first-order valence-electron chi connectivity index (χ1n) is 7.31. The van der Waals surface area contributed by atoms with Gasteiger partial charge < -0.3 is 14.4 Å². The highest BCUT2D eigenvalue weighted by Crippen LogP contribution is 2.41. The van der Waals surface area contributed by atoms with Crippen LogP contribution in [0.2, 0.25) is 0 Å². The van der Waals surface area contributed by atoms with Gasteiger partial charge in [0.05, 0.1) is 6.54 Å². The summed E-state index contributed by atoms with van der Waals surface area (Å²) in [6.45, 7) is 0.861. The number of likely N-dealkylation sites (tertiary alicyclic amines) is 1. The number of fused-ring (bicyclic) bond motifs is 2. The summed E-state index contributed by atoms with van der Waals surface area (Å²) in [6, 6.07) is 3.89. The van der Waals surface area contributed by atoms with Crippen LogP contribution in [0, 0.1) is 5.92 Å². The summed E-state index contributed by atoms with van der Waals surface area (Å²) in [6.07, 6.45) is 6.31. The zero-order valence-electron chi connectivity index (χ0n) is 11.6. The summed E-state index contributed by atoms with van der Waals surface area (Å²) in [5, 5.41) is 0. The van der Waals surface area contributed by atoms with Gasteiger partial charge >= 0.3 is 0 Å². The molecule has 1 unspecified atom stereocenters. The fourth-order valence-corrected chi connectivity index (χ4v) is 3.81. The number of allylic oxidation sites excluding steroid dienone is 2. The average molecular weight is 350 g/mol. The quantitative estimate of drug-likeness (QED) is 0.818. The fraction of sp³-hybridized carbons (Fsp3) is 0.438. The van der Waals surface area contributed by atoms with Crippen LogP contribution in [0.15, 0.2) is 28.4 Å². The molecule has 4 nitrogen and oxygen atoms in total. The molecule has 4 rings (SSSR count). The molecule has 1 atom stereocenters. The molecule has 1 amide bonds. The lowest BCUT2D eigenvalue weighted by atomic mass is 9.92. The number of carbonyl (C=O) groups is 1. The van der Waals surface area contributed by atoms with Crippen molar-refractivity contribution in [1.82, 2.24) is 4.90 Å². The Labute approximate surface area is 131 Å². The van der Waals surface area contributed by atoms with E-state index in [1.165, 1.54) is 12.1 Å². The second-order valence-corrected chi connectivity index (χ2v) is 6.59. The number of benzene rings is 1. The fourth-order valence-electron chi connectivity index (χ4n) is 3.36. The van der Waals surface area contributed by atoms with Crippen LogP contribution in [0.4, 0.5) is 0 Å². The van der Waals surface area contributed by atoms with Gasteiger partial charge in [-0.15, -0.1) is 0 Å². The lowest BCUT2D eigenvalue weighted by molar-refractivity contribution is -0.127. The maximum Gasteiger partial charge on any atom is 0.231 e. The second-order valence-electron chi connectivity index (χ2n) is 5.74. The van der Waals surface area contributed by atoms with Crippen molar-refractivity contribution in [2.24, 2.45) is 5.92 Å². The van der Waals surface area contributed by atoms with E-state index in [4.69, 9.17) is 9.47 Å². The van der Waals surface area contributed by atoms with E-state index in [1.807, 2.05) is 17.0 Å². The van der Waals surface area contributed by atoms with Crippen LogP contribution in [-0.2, 0) is 11.3 Å². The van der Waals surface area contributed by atoms with Gasteiger partial charge in [0.15, 0.2) is 11.5 Å². The van der Waals surface area contributed by atoms with Gasteiger partial charge in [0.25, 0.3) is 0 Å². The highest BCUT2D eigenvalue weighted by Gasteiger charge is 2.36. The van der Waals surface area contributed by atoms with Crippen molar-refractivity contribution in [3.8, 4) is 11.5 Å². The topological polar surface area (TPSA) is 38.8 Å². The van der Waals surface area contributed by atoms with Crippen molar-refractivity contribution >= 4 is 21.8 Å². The first-order valence-corrected chi connectivity index (χ1v) is 8.10. The maximum atomic E-state index is 12.3. The Kier molecular flexibility index (Phi) is 3.17. The van der Waals surface area contributed by atoms with Crippen molar-refractivity contribution in [2.45, 2.75) is 32.2 Å². The number of hydrogen-bond donors (Lipinski definition) is 0. The number of nitrogens with zero attached hydrogens (tertiary/aromatic N) is 1. The van der Waals surface area contributed by atoms with Crippen LogP contribution in [0.3, 0.4) is 0 Å². The Bertz CT molecular complexity index is 641. The molecule has 1 saturated heterocycles. The van der Waals surface area contributed by atoms with Gasteiger partial charge in [0, 0.05) is 22.5 Å². The lowest BCUT2D eigenvalue weighted by Gasteiger charge is -2.24. The SMILES string of the molecule is O=C1CC2CCCC=C2N1Cc1cc2c(cc1Br)OCO2. The lowest BCUT2D eigenvalue weighted by Crippen LogP contribution is -2.24. The Balaban J connectivity index is 1.64. The molecule has 0 radical (unpaired) electrons. The van der Waals surface area contributed by atoms with Crippen LogP contribution in [0.1, 0.15) is 31.2 Å². The van der Waals surface area contributed by atoms with Gasteiger partial charge in [-0.25, -0.2) is 0 Å². The van der Waals surface area contributed by atoms with Crippen molar-refractivity contribution in [3.05, 3.63) is 33.9 Å². The third-order valence-electron chi connectivity index (χ3n) is 4.43. The third kappa shape index (κ3) is 2.24. The van der Waals surface area contributed by atoms with Crippen molar-refractivity contribution < 1.29 is 14.3 Å². The third-order valence-corrected chi connectivity index (χ3v) is 5.17. The van der Waals surface area contributed by atoms with Gasteiger partial charge in [-0.2, -0.15) is 0 Å². The van der Waals surface area contributed by atoms with Crippen molar-refractivity contribution in [1.29, 1.82) is 0 Å². The highest BCUT2D eigenvalue weighted by atomic mass is 79.9. The first-order chi connectivity index (χ1) is 10.2. The minimum atomic E-state index is 0.234. The van der Waals surface area contributed by atoms with Crippen LogP contribution in [0.5, 0.6) is 11.5 Å². The number of hydrogen-bond acceptors (Lipinski definition) is 3. The Hall–Kier alpha value is -1.49. The molecule has 1 aromatic rings. The molecule has 110 valence electrons. The predicted molar refractivity (Wildman–Crippen MR) is 80.9 cm³/mol. The van der Waals surface area contributed by atoms with E-state index in [9.17, 15) is 4.79 Å². The Morgan fingerprint density at radius 3 is 2.95 bits per heavy atom. The molecule has 1 aliphatic carbocycles. The number of carbonyl (C=O) groups excluding carboxylic acids is 1. The molecular formula is C16H16BrNO3. The van der Waals surface area contributed by atoms with Gasteiger partial charge in [0.2, 0.25) is 12.7 Å². The summed E-state index contributed by atoms with van der Waals surface area (Å²) in [4.78, 5) is 14.2. The molecule has 0 N–H and O–H groups in total. The molecule has 0 saturated carbocycles. The zero-order valence-corrected chi connectivity index (χ0v) is 13.2. The molecule has 1 fully saturated rings. The van der Waals surface area contributed by atoms with Crippen molar-refractivity contribution in [2.75, 3.05) is 6.79 Å². The van der Waals surface area contributed by atoms with Crippen molar-refractivity contribution in [3.63, 3.8) is 0 Å². The van der Waals surface area contributed by atoms with Crippen LogP contribution in [-0.4, -0.2) is 17.6 Å². The molecule has 0 spiro atoms. The normalized spacial score (nSPS) is 23.3. The minimum absolute atomic E-state index is 0.234. The molecule has 21 heavy (non-hydrogen) atoms. The van der Waals surface area contributed by atoms with Crippen LogP contribution >= 0.6 is 15.9 Å². The van der Waals surface area contributed by atoms with Crippen LogP contribution in [0.25, 0.3) is 0 Å². The number of ether oxygens (including phenoxy) is 2. The van der Waals surface area contributed by atoms with Crippen LogP contribution < -0.4 is 9.47 Å². The number of halogens is 1. The van der Waals surface area contributed by atoms with E-state index in [0.29, 0.717) is 18.9 Å². The number of amides is 1. The highest BCUT2D eigenvalue weighted by molar-refractivity contribution is 9.10. The van der Waals surface area contributed by atoms with E-state index < -0.39 is 0 Å². The van der Waals surface area contributed by atoms with Gasteiger partial charge in [-0.05, 0) is 37.0 Å². The number of rotatable bonds is 2. The summed E-state index contributed by atoms with van der Waals surface area (Å²) >= 11 is 3.57. The van der Waals surface area contributed by atoms with E-state index in [2.05, 4.69) is 22.0 Å². The average Bonchev–Trinajstić information content (AvgIpc) is 3.04. The van der Waals surface area contributed by atoms with Gasteiger partial charge in [-0.1, -0.05) is 22.0 Å². The van der Waals surface area contributed by atoms with E-state index in [0.717, 1.165) is 34.4 Å². The molecular weight excluding hydrogens is 334 g/mol. The minimum Gasteiger partial charge on any atom is -0.454 e. The largest absolute Gasteiger partial charge is 0.454 e. The van der Waals surface area contributed by atoms with E-state index >= 15 is 0 Å². The zero-order chi connectivity index (χ0) is 14.4. The summed E-state index contributed by atoms with van der Waals surface area (Å²) in [5.74, 6) is 2.18. The summed E-state index contributed by atoms with van der Waals surface area (Å²) in [5.41, 5.74) is 2.27. The van der Waals surface area contributed by atoms with Gasteiger partial charge in [0.1, 0.15) is 0 Å². The molecule has 2 aliphatic heterocycles. The monoisotopic (exact) mass is 349 g/mol.